The molecule has 2 aromatic carbocycles. The molecule has 0 bridgehead atoms. The smallest absolute Gasteiger partial charge is 0.396 e. The van der Waals surface area contributed by atoms with E-state index in [2.05, 4.69) is 9.80 Å². The van der Waals surface area contributed by atoms with Gasteiger partial charge in [-0.05, 0) is 29.7 Å². The summed E-state index contributed by atoms with van der Waals surface area (Å²) in [5.41, 5.74) is 2.06. The van der Waals surface area contributed by atoms with E-state index in [0.717, 1.165) is 29.2 Å². The molecule has 0 saturated carbocycles. The second-order valence-corrected chi connectivity index (χ2v) is 7.80. The lowest BCUT2D eigenvalue weighted by Crippen LogP contribution is -2.44. The zero-order valence-electron chi connectivity index (χ0n) is 17.3. The second-order valence-electron chi connectivity index (χ2n) is 7.80. The standard InChI is InChI=1S/C23H25F3N4O/c1-28-16-29(12-5-13-31)15-20-22(28)27-21(30(20)14-17-6-3-2-4-7-17)18-8-10-19(11-9-18)23(24,25)26/h2-4,6-11,15,21,31H,5,12-14,16H2,1H3. The Kier molecular flexibility index (Phi) is 5.91. The van der Waals surface area contributed by atoms with Gasteiger partial charge in [0, 0.05) is 32.9 Å². The molecule has 0 amide bonds. The molecule has 2 aromatic rings. The normalized spacial score (nSPS) is 18.7. The van der Waals surface area contributed by atoms with Crippen LogP contribution in [0.25, 0.3) is 0 Å². The molecule has 164 valence electrons. The van der Waals surface area contributed by atoms with Gasteiger partial charge >= 0.3 is 6.18 Å². The first kappa shape index (κ1) is 21.2. The Hall–Kier alpha value is -3.00. The second kappa shape index (κ2) is 8.63. The highest BCUT2D eigenvalue weighted by molar-refractivity contribution is 6.00. The maximum atomic E-state index is 13.0. The number of halogens is 3. The van der Waals surface area contributed by atoms with E-state index in [4.69, 9.17) is 4.99 Å². The molecule has 1 unspecified atom stereocenters. The summed E-state index contributed by atoms with van der Waals surface area (Å²) in [6.45, 7) is 2.04. The summed E-state index contributed by atoms with van der Waals surface area (Å²) in [6, 6.07) is 15.2. The van der Waals surface area contributed by atoms with Gasteiger partial charge in [0.25, 0.3) is 0 Å². The van der Waals surface area contributed by atoms with Gasteiger partial charge in [0.15, 0.2) is 5.84 Å². The number of benzene rings is 2. The highest BCUT2D eigenvalue weighted by atomic mass is 19.4. The molecule has 8 heteroatoms. The Morgan fingerprint density at radius 1 is 1.06 bits per heavy atom. The molecule has 0 aromatic heterocycles. The molecule has 1 atom stereocenters. The van der Waals surface area contributed by atoms with Crippen LogP contribution in [-0.2, 0) is 12.7 Å². The summed E-state index contributed by atoms with van der Waals surface area (Å²) in [7, 11) is 1.95. The Balaban J connectivity index is 1.69. The molecule has 0 aliphatic carbocycles. The van der Waals surface area contributed by atoms with Crippen LogP contribution in [0.3, 0.4) is 0 Å². The van der Waals surface area contributed by atoms with E-state index in [1.54, 1.807) is 0 Å². The van der Waals surface area contributed by atoms with Crippen LogP contribution in [0, 0.1) is 0 Å². The van der Waals surface area contributed by atoms with Crippen LogP contribution in [0.4, 0.5) is 13.2 Å². The van der Waals surface area contributed by atoms with Crippen molar-refractivity contribution in [2.45, 2.75) is 25.3 Å². The van der Waals surface area contributed by atoms with Gasteiger partial charge in [-0.15, -0.1) is 0 Å². The van der Waals surface area contributed by atoms with Crippen LogP contribution >= 0.6 is 0 Å². The predicted molar refractivity (Wildman–Crippen MR) is 113 cm³/mol. The average Bonchev–Trinajstić information content (AvgIpc) is 3.11. The lowest BCUT2D eigenvalue weighted by molar-refractivity contribution is -0.137. The van der Waals surface area contributed by atoms with Gasteiger partial charge in [0.1, 0.15) is 6.17 Å². The van der Waals surface area contributed by atoms with E-state index >= 15 is 0 Å². The zero-order chi connectivity index (χ0) is 22.0. The fourth-order valence-corrected chi connectivity index (χ4v) is 3.95. The van der Waals surface area contributed by atoms with E-state index in [-0.39, 0.29) is 6.61 Å². The number of amidine groups is 1. The van der Waals surface area contributed by atoms with Crippen LogP contribution in [0.5, 0.6) is 0 Å². The third-order valence-corrected chi connectivity index (χ3v) is 5.47. The van der Waals surface area contributed by atoms with Crippen molar-refractivity contribution in [2.75, 3.05) is 26.9 Å². The van der Waals surface area contributed by atoms with Gasteiger partial charge in [-0.1, -0.05) is 42.5 Å². The van der Waals surface area contributed by atoms with E-state index in [9.17, 15) is 18.3 Å². The van der Waals surface area contributed by atoms with E-state index in [1.165, 1.54) is 12.1 Å². The topological polar surface area (TPSA) is 42.3 Å². The third kappa shape index (κ3) is 4.54. The molecule has 0 spiro atoms. The van der Waals surface area contributed by atoms with Gasteiger partial charge in [-0.3, -0.25) is 0 Å². The quantitative estimate of drug-likeness (QED) is 0.751. The molecule has 1 N–H and O–H groups in total. The highest BCUT2D eigenvalue weighted by Gasteiger charge is 2.37. The largest absolute Gasteiger partial charge is 0.416 e. The Labute approximate surface area is 179 Å². The number of aliphatic imine (C=N–C) groups is 1. The number of aliphatic hydroxyl groups is 1. The van der Waals surface area contributed by atoms with Gasteiger partial charge in [-0.25, -0.2) is 4.99 Å². The highest BCUT2D eigenvalue weighted by Crippen LogP contribution is 2.38. The summed E-state index contributed by atoms with van der Waals surface area (Å²) in [5, 5.41) is 9.19. The monoisotopic (exact) mass is 430 g/mol. The Morgan fingerprint density at radius 2 is 1.77 bits per heavy atom. The Morgan fingerprint density at radius 3 is 2.42 bits per heavy atom. The summed E-state index contributed by atoms with van der Waals surface area (Å²) in [5.74, 6) is 0.820. The number of fused-ring (bicyclic) bond motifs is 1. The van der Waals surface area contributed by atoms with Crippen LogP contribution in [-0.4, -0.2) is 52.5 Å². The molecule has 5 nitrogen and oxygen atoms in total. The van der Waals surface area contributed by atoms with Crippen molar-refractivity contribution < 1.29 is 18.3 Å². The van der Waals surface area contributed by atoms with Crippen molar-refractivity contribution in [2.24, 2.45) is 4.99 Å². The molecular weight excluding hydrogens is 405 g/mol. The van der Waals surface area contributed by atoms with Crippen molar-refractivity contribution >= 4 is 5.84 Å². The Bertz CT molecular complexity index is 957. The minimum atomic E-state index is -4.37. The number of aliphatic hydroxyl groups excluding tert-OH is 1. The summed E-state index contributed by atoms with van der Waals surface area (Å²) < 4.78 is 39.1. The maximum absolute atomic E-state index is 13.0. The molecule has 0 radical (unpaired) electrons. The number of likely N-dealkylation sites (N-methyl/N-ethyl adjacent to an activating group) is 1. The van der Waals surface area contributed by atoms with E-state index in [1.807, 2.05) is 48.5 Å². The van der Waals surface area contributed by atoms with Gasteiger partial charge in [0.2, 0.25) is 0 Å². The third-order valence-electron chi connectivity index (χ3n) is 5.47. The molecule has 2 aliphatic rings. The van der Waals surface area contributed by atoms with Crippen LogP contribution in [0.1, 0.15) is 29.3 Å². The fourth-order valence-electron chi connectivity index (χ4n) is 3.95. The first-order valence-electron chi connectivity index (χ1n) is 10.2. The first-order valence-corrected chi connectivity index (χ1v) is 10.2. The molecule has 2 heterocycles. The van der Waals surface area contributed by atoms with Crippen molar-refractivity contribution in [3.63, 3.8) is 0 Å². The number of rotatable bonds is 6. The molecule has 0 fully saturated rings. The van der Waals surface area contributed by atoms with Gasteiger partial charge < -0.3 is 19.8 Å². The number of nitrogens with zero attached hydrogens (tertiary/aromatic N) is 4. The zero-order valence-corrected chi connectivity index (χ0v) is 17.3. The number of alkyl halides is 3. The number of hydrogen-bond donors (Lipinski definition) is 1. The van der Waals surface area contributed by atoms with E-state index < -0.39 is 17.9 Å². The van der Waals surface area contributed by atoms with Crippen molar-refractivity contribution in [3.05, 3.63) is 83.2 Å². The SMILES string of the molecule is CN1CN(CCCO)C=C2C1=NC(c1ccc(C(F)(F)F)cc1)N2Cc1ccccc1. The van der Waals surface area contributed by atoms with Crippen molar-refractivity contribution in [3.8, 4) is 0 Å². The van der Waals surface area contributed by atoms with Crippen LogP contribution in [0.15, 0.2) is 71.5 Å². The van der Waals surface area contributed by atoms with Gasteiger partial charge in [-0.2, -0.15) is 13.2 Å². The van der Waals surface area contributed by atoms with Crippen LogP contribution in [0.2, 0.25) is 0 Å². The average molecular weight is 430 g/mol. The van der Waals surface area contributed by atoms with Crippen molar-refractivity contribution in [1.29, 1.82) is 0 Å². The van der Waals surface area contributed by atoms with Gasteiger partial charge in [0.05, 0.1) is 17.9 Å². The minimum Gasteiger partial charge on any atom is -0.396 e. The fraction of sp³-hybridized carbons (Fsp3) is 0.348. The molecular formula is C23H25F3N4O. The summed E-state index contributed by atoms with van der Waals surface area (Å²) in [6.07, 6.45) is -2.08. The number of hydrogen-bond acceptors (Lipinski definition) is 5. The summed E-state index contributed by atoms with van der Waals surface area (Å²) >= 11 is 0. The molecule has 2 aliphatic heterocycles. The predicted octanol–water partition coefficient (Wildman–Crippen LogP) is 4.05. The lowest BCUT2D eigenvalue weighted by atomic mass is 10.1. The summed E-state index contributed by atoms with van der Waals surface area (Å²) in [4.78, 5) is 11.2. The van der Waals surface area contributed by atoms with Crippen molar-refractivity contribution in [1.82, 2.24) is 14.7 Å². The minimum absolute atomic E-state index is 0.117. The lowest BCUT2D eigenvalue weighted by Gasteiger charge is -2.36. The maximum Gasteiger partial charge on any atom is 0.416 e. The van der Waals surface area contributed by atoms with Crippen LogP contribution < -0.4 is 0 Å². The molecule has 31 heavy (non-hydrogen) atoms. The molecule has 0 saturated heterocycles. The molecule has 4 rings (SSSR count). The van der Waals surface area contributed by atoms with E-state index in [0.29, 0.717) is 31.7 Å². The first-order chi connectivity index (χ1) is 14.9.